The highest BCUT2D eigenvalue weighted by molar-refractivity contribution is 5.94. The zero-order valence-corrected chi connectivity index (χ0v) is 12.1. The van der Waals surface area contributed by atoms with Crippen LogP contribution in [0.25, 0.3) is 0 Å². The number of fused-ring (bicyclic) bond motifs is 1. The number of anilines is 2. The number of nitrogen functional groups attached to an aromatic ring is 1. The van der Waals surface area contributed by atoms with Crippen molar-refractivity contribution >= 4 is 17.4 Å². The standard InChI is InChI=1S/C16H23N3O/c1-12-4-2-8-18(11-12)16(20)19-9-3-5-13-6-7-14(17)10-15(13)19/h6-7,10,12H,2-5,8-9,11,17H2,1H3. The average molecular weight is 273 g/mol. The topological polar surface area (TPSA) is 49.6 Å². The summed E-state index contributed by atoms with van der Waals surface area (Å²) >= 11 is 0. The van der Waals surface area contributed by atoms with Crippen LogP contribution < -0.4 is 10.6 Å². The van der Waals surface area contributed by atoms with E-state index in [1.165, 1.54) is 12.0 Å². The van der Waals surface area contributed by atoms with E-state index < -0.39 is 0 Å². The Balaban J connectivity index is 1.84. The largest absolute Gasteiger partial charge is 0.399 e. The second kappa shape index (κ2) is 5.35. The molecular weight excluding hydrogens is 250 g/mol. The number of hydrogen-bond donors (Lipinski definition) is 1. The van der Waals surface area contributed by atoms with Gasteiger partial charge in [-0.3, -0.25) is 4.90 Å². The predicted octanol–water partition coefficient (Wildman–Crippen LogP) is 2.87. The highest BCUT2D eigenvalue weighted by atomic mass is 16.2. The number of amides is 2. The minimum absolute atomic E-state index is 0.156. The molecule has 0 radical (unpaired) electrons. The first kappa shape index (κ1) is 13.3. The smallest absolute Gasteiger partial charge is 0.324 e. The molecule has 1 aromatic rings. The van der Waals surface area contributed by atoms with Crippen molar-refractivity contribution in [1.82, 2.24) is 4.90 Å². The number of likely N-dealkylation sites (tertiary alicyclic amines) is 1. The Labute approximate surface area is 120 Å². The molecule has 4 nitrogen and oxygen atoms in total. The summed E-state index contributed by atoms with van der Waals surface area (Å²) in [7, 11) is 0. The van der Waals surface area contributed by atoms with Crippen LogP contribution in [0.15, 0.2) is 18.2 Å². The molecule has 1 saturated heterocycles. The summed E-state index contributed by atoms with van der Waals surface area (Å²) in [5.74, 6) is 0.609. The molecule has 0 spiro atoms. The second-order valence-corrected chi connectivity index (χ2v) is 6.12. The number of rotatable bonds is 0. The van der Waals surface area contributed by atoms with Crippen molar-refractivity contribution in [2.75, 3.05) is 30.3 Å². The fourth-order valence-electron chi connectivity index (χ4n) is 3.32. The van der Waals surface area contributed by atoms with Gasteiger partial charge in [-0.05, 0) is 49.3 Å². The van der Waals surface area contributed by atoms with Gasteiger partial charge in [-0.15, -0.1) is 0 Å². The van der Waals surface area contributed by atoms with Crippen molar-refractivity contribution < 1.29 is 4.79 Å². The van der Waals surface area contributed by atoms with Gasteiger partial charge in [0.15, 0.2) is 0 Å². The third-order valence-electron chi connectivity index (χ3n) is 4.39. The number of hydrogen-bond acceptors (Lipinski definition) is 2. The van der Waals surface area contributed by atoms with Gasteiger partial charge in [-0.25, -0.2) is 4.79 Å². The van der Waals surface area contributed by atoms with E-state index in [1.807, 2.05) is 21.9 Å². The van der Waals surface area contributed by atoms with E-state index >= 15 is 0 Å². The van der Waals surface area contributed by atoms with Crippen molar-refractivity contribution in [2.45, 2.75) is 32.6 Å². The van der Waals surface area contributed by atoms with E-state index in [9.17, 15) is 4.79 Å². The zero-order chi connectivity index (χ0) is 14.1. The highest BCUT2D eigenvalue weighted by Gasteiger charge is 2.29. The molecule has 2 aliphatic heterocycles. The number of benzene rings is 1. The molecule has 1 atom stereocenters. The number of nitrogens with zero attached hydrogens (tertiary/aromatic N) is 2. The quantitative estimate of drug-likeness (QED) is 0.739. The lowest BCUT2D eigenvalue weighted by molar-refractivity contribution is 0.175. The van der Waals surface area contributed by atoms with Crippen LogP contribution in [-0.4, -0.2) is 30.6 Å². The molecule has 2 amide bonds. The Morgan fingerprint density at radius 1 is 1.30 bits per heavy atom. The van der Waals surface area contributed by atoms with Crippen LogP contribution in [-0.2, 0) is 6.42 Å². The number of aryl methyl sites for hydroxylation is 1. The summed E-state index contributed by atoms with van der Waals surface area (Å²) in [6.07, 6.45) is 4.42. The number of carbonyl (C=O) groups is 1. The van der Waals surface area contributed by atoms with Gasteiger partial charge in [-0.2, -0.15) is 0 Å². The molecule has 108 valence electrons. The van der Waals surface area contributed by atoms with Crippen molar-refractivity contribution in [1.29, 1.82) is 0 Å². The van der Waals surface area contributed by atoms with Crippen LogP contribution in [0.2, 0.25) is 0 Å². The maximum atomic E-state index is 12.8. The number of carbonyl (C=O) groups excluding carboxylic acids is 1. The second-order valence-electron chi connectivity index (χ2n) is 6.12. The molecule has 2 heterocycles. The monoisotopic (exact) mass is 273 g/mol. The van der Waals surface area contributed by atoms with Gasteiger partial charge in [0.2, 0.25) is 0 Å². The fraction of sp³-hybridized carbons (Fsp3) is 0.562. The van der Waals surface area contributed by atoms with Crippen LogP contribution in [0.1, 0.15) is 31.7 Å². The van der Waals surface area contributed by atoms with Crippen LogP contribution in [0.5, 0.6) is 0 Å². The Kier molecular flexibility index (Phi) is 3.55. The molecule has 0 saturated carbocycles. The first-order valence-corrected chi connectivity index (χ1v) is 7.60. The average Bonchev–Trinajstić information content (AvgIpc) is 2.46. The van der Waals surface area contributed by atoms with Gasteiger partial charge in [0.1, 0.15) is 0 Å². The molecule has 1 unspecified atom stereocenters. The van der Waals surface area contributed by atoms with E-state index in [2.05, 4.69) is 13.0 Å². The van der Waals surface area contributed by atoms with Crippen molar-refractivity contribution in [3.63, 3.8) is 0 Å². The number of nitrogens with two attached hydrogens (primary N) is 1. The normalized spacial score (nSPS) is 22.6. The highest BCUT2D eigenvalue weighted by Crippen LogP contribution is 2.30. The van der Waals surface area contributed by atoms with E-state index in [0.717, 1.165) is 50.3 Å². The van der Waals surface area contributed by atoms with Crippen LogP contribution >= 0.6 is 0 Å². The lowest BCUT2D eigenvalue weighted by atomic mass is 9.99. The summed E-state index contributed by atoms with van der Waals surface area (Å²) in [6, 6.07) is 6.08. The van der Waals surface area contributed by atoms with E-state index in [0.29, 0.717) is 5.92 Å². The Hall–Kier alpha value is -1.71. The molecule has 0 bridgehead atoms. The van der Waals surface area contributed by atoms with Crippen LogP contribution in [0.3, 0.4) is 0 Å². The van der Waals surface area contributed by atoms with Gasteiger partial charge in [0, 0.05) is 25.3 Å². The molecule has 1 fully saturated rings. The number of urea groups is 1. The van der Waals surface area contributed by atoms with Crippen molar-refractivity contribution in [2.24, 2.45) is 5.92 Å². The van der Waals surface area contributed by atoms with Crippen molar-refractivity contribution in [3.8, 4) is 0 Å². The molecule has 0 aromatic heterocycles. The first-order chi connectivity index (χ1) is 9.65. The predicted molar refractivity (Wildman–Crippen MR) is 81.9 cm³/mol. The third-order valence-corrected chi connectivity index (χ3v) is 4.39. The lowest BCUT2D eigenvalue weighted by Gasteiger charge is -2.37. The molecule has 2 aliphatic rings. The fourth-order valence-corrected chi connectivity index (χ4v) is 3.32. The van der Waals surface area contributed by atoms with Gasteiger partial charge >= 0.3 is 6.03 Å². The molecule has 3 rings (SSSR count). The summed E-state index contributed by atoms with van der Waals surface area (Å²) in [6.45, 7) is 4.80. The van der Waals surface area contributed by atoms with Crippen LogP contribution in [0, 0.1) is 5.92 Å². The molecule has 1 aromatic carbocycles. The van der Waals surface area contributed by atoms with E-state index in [1.54, 1.807) is 0 Å². The lowest BCUT2D eigenvalue weighted by Crippen LogP contribution is -2.48. The summed E-state index contributed by atoms with van der Waals surface area (Å²) in [5, 5.41) is 0. The van der Waals surface area contributed by atoms with Gasteiger partial charge in [-0.1, -0.05) is 13.0 Å². The van der Waals surface area contributed by atoms with Gasteiger partial charge in [0.25, 0.3) is 0 Å². The minimum Gasteiger partial charge on any atom is -0.399 e. The van der Waals surface area contributed by atoms with Crippen LogP contribution in [0.4, 0.5) is 16.2 Å². The molecule has 2 N–H and O–H groups in total. The third kappa shape index (κ3) is 2.47. The Morgan fingerprint density at radius 3 is 2.95 bits per heavy atom. The molecule has 0 aliphatic carbocycles. The Bertz CT molecular complexity index is 514. The zero-order valence-electron chi connectivity index (χ0n) is 12.1. The summed E-state index contributed by atoms with van der Waals surface area (Å²) < 4.78 is 0. The SMILES string of the molecule is CC1CCCN(C(=O)N2CCCc3ccc(N)cc32)C1. The summed E-state index contributed by atoms with van der Waals surface area (Å²) in [4.78, 5) is 16.7. The minimum atomic E-state index is 0.156. The van der Waals surface area contributed by atoms with E-state index in [4.69, 9.17) is 5.73 Å². The maximum absolute atomic E-state index is 12.8. The first-order valence-electron chi connectivity index (χ1n) is 7.60. The van der Waals surface area contributed by atoms with E-state index in [-0.39, 0.29) is 6.03 Å². The summed E-state index contributed by atoms with van der Waals surface area (Å²) in [5.41, 5.74) is 8.88. The van der Waals surface area contributed by atoms with Gasteiger partial charge < -0.3 is 10.6 Å². The molecule has 20 heavy (non-hydrogen) atoms. The Morgan fingerprint density at radius 2 is 2.15 bits per heavy atom. The van der Waals surface area contributed by atoms with Crippen molar-refractivity contribution in [3.05, 3.63) is 23.8 Å². The van der Waals surface area contributed by atoms with Gasteiger partial charge in [0.05, 0.1) is 5.69 Å². The maximum Gasteiger partial charge on any atom is 0.324 e. The number of piperidine rings is 1. The molecular formula is C16H23N3O. The molecule has 4 heteroatoms.